The first-order valence-electron chi connectivity index (χ1n) is 10.5. The Morgan fingerprint density at radius 3 is 2.35 bits per heavy atom. The Morgan fingerprint density at radius 1 is 1.06 bits per heavy atom. The number of carbonyl (C=O) groups is 2. The molecule has 0 atom stereocenters. The van der Waals surface area contributed by atoms with E-state index in [9.17, 15) is 9.59 Å². The number of nitrogens with zero attached hydrogens (tertiary/aromatic N) is 5. The molecule has 0 saturated heterocycles. The number of rotatable bonds is 5. The van der Waals surface area contributed by atoms with Crippen LogP contribution < -0.4 is 16.0 Å². The second kappa shape index (κ2) is 8.77. The maximum atomic E-state index is 13.1. The Hall–Kier alpha value is -4.55. The Morgan fingerprint density at radius 2 is 1.74 bits per heavy atom. The number of carbonyl (C=O) groups excluding carboxylic acids is 2. The van der Waals surface area contributed by atoms with Gasteiger partial charge in [0.15, 0.2) is 5.65 Å². The molecule has 2 aromatic carbocycles. The fourth-order valence-electron chi connectivity index (χ4n) is 3.28. The van der Waals surface area contributed by atoms with Gasteiger partial charge in [-0.3, -0.25) is 14.0 Å². The number of nitrogens with two attached hydrogens (primary N) is 1. The largest absolute Gasteiger partial charge is 0.325 e. The molecule has 2 aromatic heterocycles. The smallest absolute Gasteiger partial charge is 0.278 e. The molecule has 0 radical (unpaired) electrons. The number of hydrogen-bond donors (Lipinski definition) is 2. The van der Waals surface area contributed by atoms with E-state index in [0.29, 0.717) is 22.6 Å². The quantitative estimate of drug-likeness (QED) is 0.477. The van der Waals surface area contributed by atoms with Gasteiger partial charge < -0.3 is 16.0 Å². The van der Waals surface area contributed by atoms with E-state index >= 15 is 0 Å². The van der Waals surface area contributed by atoms with E-state index in [4.69, 9.17) is 11.0 Å². The van der Waals surface area contributed by atoms with Gasteiger partial charge >= 0.3 is 0 Å². The molecule has 34 heavy (non-hydrogen) atoms. The highest BCUT2D eigenvalue weighted by Crippen LogP contribution is 2.24. The van der Waals surface area contributed by atoms with Gasteiger partial charge in [0.2, 0.25) is 5.91 Å². The molecular formula is C25H23N7O2. The average Bonchev–Trinajstić information content (AvgIpc) is 3.26. The average molecular weight is 454 g/mol. The van der Waals surface area contributed by atoms with Crippen molar-refractivity contribution in [3.05, 3.63) is 78.4 Å². The lowest BCUT2D eigenvalue weighted by molar-refractivity contribution is -0.120. The molecule has 4 rings (SSSR count). The molecule has 0 unspecified atom stereocenters. The number of amides is 2. The highest BCUT2D eigenvalue weighted by atomic mass is 16.2. The minimum atomic E-state index is -0.985. The van der Waals surface area contributed by atoms with Gasteiger partial charge in [-0.05, 0) is 50.2 Å². The zero-order valence-electron chi connectivity index (χ0n) is 19.0. The van der Waals surface area contributed by atoms with Gasteiger partial charge in [-0.1, -0.05) is 12.1 Å². The van der Waals surface area contributed by atoms with Crippen molar-refractivity contribution in [2.75, 3.05) is 17.3 Å². The van der Waals surface area contributed by atoms with E-state index in [-0.39, 0.29) is 17.5 Å². The maximum Gasteiger partial charge on any atom is 0.278 e. The molecule has 2 amide bonds. The minimum absolute atomic E-state index is 0.243. The molecule has 9 heteroatoms. The number of hydrogen-bond acceptors (Lipinski definition) is 6. The molecule has 170 valence electrons. The molecule has 0 fully saturated rings. The van der Waals surface area contributed by atoms with Crippen molar-refractivity contribution in [2.24, 2.45) is 5.73 Å². The third-order valence-electron chi connectivity index (χ3n) is 5.33. The topological polar surface area (TPSA) is 129 Å². The van der Waals surface area contributed by atoms with Crippen LogP contribution in [0.4, 0.5) is 11.4 Å². The number of nitriles is 1. The third-order valence-corrected chi connectivity index (χ3v) is 5.33. The highest BCUT2D eigenvalue weighted by molar-refractivity contribution is 6.04. The number of nitrogens with one attached hydrogen (secondary N) is 1. The lowest BCUT2D eigenvalue weighted by Gasteiger charge is -2.18. The van der Waals surface area contributed by atoms with Crippen LogP contribution in [0.25, 0.3) is 16.9 Å². The predicted molar refractivity (Wildman–Crippen MR) is 129 cm³/mol. The second-order valence-electron chi connectivity index (χ2n) is 8.42. The zero-order valence-corrected chi connectivity index (χ0v) is 19.0. The van der Waals surface area contributed by atoms with Crippen LogP contribution in [-0.4, -0.2) is 38.8 Å². The van der Waals surface area contributed by atoms with Crippen LogP contribution in [0.15, 0.2) is 67.1 Å². The lowest BCUT2D eigenvalue weighted by atomic mass is 10.1. The standard InChI is InChI=1S/C25H23N7O2/c1-25(2,27)24(34)30-18-8-6-17(7-9-18)21-13-29-22-14-28-20(15-32(21)22)23(33)31(3)19-10-4-16(12-26)5-11-19/h4-11,13-15H,27H2,1-3H3,(H,30,34). The molecule has 0 bridgehead atoms. The molecule has 2 heterocycles. The monoisotopic (exact) mass is 453 g/mol. The summed E-state index contributed by atoms with van der Waals surface area (Å²) in [5.74, 6) is -0.579. The number of anilines is 2. The van der Waals surface area contributed by atoms with Crippen molar-refractivity contribution in [3.8, 4) is 17.3 Å². The molecule has 0 aliphatic carbocycles. The summed E-state index contributed by atoms with van der Waals surface area (Å²) in [7, 11) is 1.65. The lowest BCUT2D eigenvalue weighted by Crippen LogP contribution is -2.45. The van der Waals surface area contributed by atoms with Crippen LogP contribution in [0.2, 0.25) is 0 Å². The first-order valence-corrected chi connectivity index (χ1v) is 10.5. The number of imidazole rings is 1. The number of fused-ring (bicyclic) bond motifs is 1. The summed E-state index contributed by atoms with van der Waals surface area (Å²) in [4.78, 5) is 35.3. The van der Waals surface area contributed by atoms with E-state index in [0.717, 1.165) is 11.3 Å². The Balaban J connectivity index is 1.60. The summed E-state index contributed by atoms with van der Waals surface area (Å²) in [6.07, 6.45) is 4.89. The highest BCUT2D eigenvalue weighted by Gasteiger charge is 2.22. The summed E-state index contributed by atoms with van der Waals surface area (Å²) < 4.78 is 1.80. The summed E-state index contributed by atoms with van der Waals surface area (Å²) in [5.41, 5.74) is 9.09. The molecule has 9 nitrogen and oxygen atoms in total. The summed E-state index contributed by atoms with van der Waals surface area (Å²) in [6, 6.07) is 16.1. The Bertz CT molecular complexity index is 1410. The van der Waals surface area contributed by atoms with E-state index < -0.39 is 5.54 Å². The minimum Gasteiger partial charge on any atom is -0.325 e. The van der Waals surface area contributed by atoms with Gasteiger partial charge in [-0.15, -0.1) is 0 Å². The first-order chi connectivity index (χ1) is 16.2. The molecule has 0 aliphatic heterocycles. The molecule has 3 N–H and O–H groups in total. The fraction of sp³-hybridized carbons (Fsp3) is 0.160. The van der Waals surface area contributed by atoms with Crippen molar-refractivity contribution in [3.63, 3.8) is 0 Å². The van der Waals surface area contributed by atoms with Gasteiger partial charge in [0.1, 0.15) is 5.69 Å². The predicted octanol–water partition coefficient (Wildman–Crippen LogP) is 3.22. The van der Waals surface area contributed by atoms with Gasteiger partial charge in [-0.25, -0.2) is 9.97 Å². The Labute approximate surface area is 196 Å². The van der Waals surface area contributed by atoms with Crippen molar-refractivity contribution in [2.45, 2.75) is 19.4 Å². The molecule has 0 saturated carbocycles. The van der Waals surface area contributed by atoms with Crippen molar-refractivity contribution in [1.29, 1.82) is 5.26 Å². The van der Waals surface area contributed by atoms with E-state index in [1.54, 1.807) is 80.3 Å². The van der Waals surface area contributed by atoms with E-state index in [1.807, 2.05) is 12.1 Å². The summed E-state index contributed by atoms with van der Waals surface area (Å²) >= 11 is 0. The number of benzene rings is 2. The third kappa shape index (κ3) is 4.48. The van der Waals surface area contributed by atoms with Crippen LogP contribution >= 0.6 is 0 Å². The van der Waals surface area contributed by atoms with Crippen molar-refractivity contribution in [1.82, 2.24) is 14.4 Å². The van der Waals surface area contributed by atoms with Gasteiger partial charge in [-0.2, -0.15) is 5.26 Å². The summed E-state index contributed by atoms with van der Waals surface area (Å²) in [6.45, 7) is 3.28. The zero-order chi connectivity index (χ0) is 24.5. The van der Waals surface area contributed by atoms with Crippen LogP contribution in [-0.2, 0) is 4.79 Å². The fourth-order valence-corrected chi connectivity index (χ4v) is 3.28. The van der Waals surface area contributed by atoms with E-state index in [2.05, 4.69) is 21.4 Å². The first kappa shape index (κ1) is 22.6. The van der Waals surface area contributed by atoms with Gasteiger partial charge in [0.25, 0.3) is 5.91 Å². The van der Waals surface area contributed by atoms with Crippen LogP contribution in [0.3, 0.4) is 0 Å². The normalized spacial score (nSPS) is 11.1. The number of aromatic nitrogens is 3. The summed E-state index contributed by atoms with van der Waals surface area (Å²) in [5, 5.41) is 11.8. The van der Waals surface area contributed by atoms with Crippen LogP contribution in [0.5, 0.6) is 0 Å². The van der Waals surface area contributed by atoms with Crippen LogP contribution in [0.1, 0.15) is 29.9 Å². The van der Waals surface area contributed by atoms with Crippen molar-refractivity contribution >= 4 is 28.8 Å². The van der Waals surface area contributed by atoms with Crippen molar-refractivity contribution < 1.29 is 9.59 Å². The van der Waals surface area contributed by atoms with Crippen LogP contribution in [0, 0.1) is 11.3 Å². The van der Waals surface area contributed by atoms with Gasteiger partial charge in [0.05, 0.1) is 35.3 Å². The SMILES string of the molecule is CN(C(=O)c1cn2c(-c3ccc(NC(=O)C(C)(C)N)cc3)cnc2cn1)c1ccc(C#N)cc1. The molecule has 0 spiro atoms. The Kier molecular flexibility index (Phi) is 5.84. The molecule has 0 aliphatic rings. The van der Waals surface area contributed by atoms with E-state index in [1.165, 1.54) is 4.90 Å². The molecule has 4 aromatic rings. The second-order valence-corrected chi connectivity index (χ2v) is 8.42. The maximum absolute atomic E-state index is 13.1. The van der Waals surface area contributed by atoms with Gasteiger partial charge in [0, 0.05) is 30.2 Å². The molecular weight excluding hydrogens is 430 g/mol.